The van der Waals surface area contributed by atoms with Crippen LogP contribution in [0.25, 0.3) is 10.9 Å². The Morgan fingerprint density at radius 1 is 1.29 bits per heavy atom. The molecule has 21 heavy (non-hydrogen) atoms. The van der Waals surface area contributed by atoms with Crippen LogP contribution in [0.1, 0.15) is 24.2 Å². The fourth-order valence-electron chi connectivity index (χ4n) is 2.71. The number of hydrogen-bond acceptors (Lipinski definition) is 3. The summed E-state index contributed by atoms with van der Waals surface area (Å²) in [6.07, 6.45) is 3.69. The van der Waals surface area contributed by atoms with Gasteiger partial charge in [-0.15, -0.1) is 0 Å². The second-order valence-corrected chi connectivity index (χ2v) is 5.69. The van der Waals surface area contributed by atoms with E-state index < -0.39 is 0 Å². The van der Waals surface area contributed by atoms with Gasteiger partial charge in [-0.25, -0.2) is 0 Å². The lowest BCUT2D eigenvalue weighted by Gasteiger charge is -2.20. The second-order valence-electron chi connectivity index (χ2n) is 4.84. The molecule has 1 unspecified atom stereocenters. The molecule has 0 aliphatic heterocycles. The Morgan fingerprint density at radius 3 is 2.86 bits per heavy atom. The maximum atomic E-state index is 4.56. The highest BCUT2D eigenvalue weighted by molar-refractivity contribution is 9.10. The van der Waals surface area contributed by atoms with Gasteiger partial charge >= 0.3 is 0 Å². The summed E-state index contributed by atoms with van der Waals surface area (Å²) in [4.78, 5) is 4.56. The van der Waals surface area contributed by atoms with Crippen molar-refractivity contribution in [2.75, 3.05) is 7.05 Å². The predicted molar refractivity (Wildman–Crippen MR) is 88.2 cm³/mol. The van der Waals surface area contributed by atoms with Crippen molar-refractivity contribution >= 4 is 26.8 Å². The molecule has 5 heteroatoms. The molecule has 0 radical (unpaired) electrons. The van der Waals surface area contributed by atoms with Gasteiger partial charge in [0.25, 0.3) is 0 Å². The minimum Gasteiger partial charge on any atom is -0.308 e. The van der Waals surface area contributed by atoms with Gasteiger partial charge in [0.1, 0.15) is 0 Å². The van der Waals surface area contributed by atoms with E-state index in [2.05, 4.69) is 62.5 Å². The number of pyridine rings is 1. The molecule has 4 nitrogen and oxygen atoms in total. The quantitative estimate of drug-likeness (QED) is 0.787. The van der Waals surface area contributed by atoms with E-state index in [4.69, 9.17) is 0 Å². The second kappa shape index (κ2) is 5.95. The molecule has 3 rings (SSSR count). The molecule has 0 bridgehead atoms. The molecular formula is C16H17BrN4. The van der Waals surface area contributed by atoms with Gasteiger partial charge in [-0.05, 0) is 36.0 Å². The van der Waals surface area contributed by atoms with Crippen molar-refractivity contribution in [1.29, 1.82) is 0 Å². The summed E-state index contributed by atoms with van der Waals surface area (Å²) in [5.74, 6) is 0. The normalized spacial score (nSPS) is 12.7. The number of halogens is 1. The Balaban J connectivity index is 2.21. The van der Waals surface area contributed by atoms with Crippen LogP contribution >= 0.6 is 15.9 Å². The van der Waals surface area contributed by atoms with Crippen molar-refractivity contribution in [2.45, 2.75) is 19.5 Å². The lowest BCUT2D eigenvalue weighted by Crippen LogP contribution is -2.22. The maximum Gasteiger partial charge on any atom is 0.0778 e. The fourth-order valence-corrected chi connectivity index (χ4v) is 3.24. The van der Waals surface area contributed by atoms with Crippen LogP contribution < -0.4 is 5.32 Å². The Bertz CT molecular complexity index is 761. The SMILES string of the molecule is CCn1ncc(Br)c1C(NC)c1cccc2cccnc12. The molecule has 1 N–H and O–H groups in total. The van der Waals surface area contributed by atoms with E-state index in [1.165, 1.54) is 0 Å². The van der Waals surface area contributed by atoms with Crippen LogP contribution in [0.2, 0.25) is 0 Å². The average molecular weight is 345 g/mol. The lowest BCUT2D eigenvalue weighted by molar-refractivity contribution is 0.563. The number of rotatable bonds is 4. The third-order valence-corrected chi connectivity index (χ3v) is 4.28. The van der Waals surface area contributed by atoms with Crippen molar-refractivity contribution in [3.63, 3.8) is 0 Å². The van der Waals surface area contributed by atoms with E-state index in [1.54, 1.807) is 0 Å². The van der Waals surface area contributed by atoms with E-state index >= 15 is 0 Å². The predicted octanol–water partition coefficient (Wildman–Crippen LogP) is 3.52. The molecule has 0 aliphatic rings. The number of nitrogens with one attached hydrogen (secondary N) is 1. The molecule has 0 saturated heterocycles. The molecule has 0 spiro atoms. The Kier molecular flexibility index (Phi) is 4.03. The number of aryl methyl sites for hydroxylation is 1. The van der Waals surface area contributed by atoms with Crippen molar-refractivity contribution in [3.8, 4) is 0 Å². The molecule has 0 fully saturated rings. The number of para-hydroxylation sites is 1. The van der Waals surface area contributed by atoms with Gasteiger partial charge in [0, 0.05) is 23.7 Å². The van der Waals surface area contributed by atoms with Crippen LogP contribution in [-0.2, 0) is 6.54 Å². The molecule has 3 aromatic rings. The van der Waals surface area contributed by atoms with Crippen LogP contribution in [0.5, 0.6) is 0 Å². The summed E-state index contributed by atoms with van der Waals surface area (Å²) in [6, 6.07) is 10.4. The zero-order valence-corrected chi connectivity index (χ0v) is 13.6. The summed E-state index contributed by atoms with van der Waals surface area (Å²) in [5.41, 5.74) is 3.31. The Labute approximate surface area is 132 Å². The number of benzene rings is 1. The molecule has 1 atom stereocenters. The number of hydrogen-bond donors (Lipinski definition) is 1. The monoisotopic (exact) mass is 344 g/mol. The smallest absolute Gasteiger partial charge is 0.0778 e. The standard InChI is InChI=1S/C16H17BrN4/c1-3-21-16(13(17)10-20-21)15(18-2)12-8-4-6-11-7-5-9-19-14(11)12/h4-10,15,18H,3H2,1-2H3. The lowest BCUT2D eigenvalue weighted by atomic mass is 10.00. The summed E-state index contributed by atoms with van der Waals surface area (Å²) in [7, 11) is 1.96. The Morgan fingerprint density at radius 2 is 2.10 bits per heavy atom. The molecule has 0 saturated carbocycles. The van der Waals surface area contributed by atoms with Crippen molar-refractivity contribution in [2.24, 2.45) is 0 Å². The average Bonchev–Trinajstić information content (AvgIpc) is 2.90. The van der Waals surface area contributed by atoms with E-state index in [0.29, 0.717) is 0 Å². The first-order chi connectivity index (χ1) is 10.3. The maximum absolute atomic E-state index is 4.56. The minimum absolute atomic E-state index is 0.0421. The first kappa shape index (κ1) is 14.2. The molecule has 108 valence electrons. The van der Waals surface area contributed by atoms with Gasteiger partial charge < -0.3 is 5.32 Å². The highest BCUT2D eigenvalue weighted by atomic mass is 79.9. The van der Waals surface area contributed by atoms with Gasteiger partial charge in [0.2, 0.25) is 0 Å². The van der Waals surface area contributed by atoms with Crippen LogP contribution in [0, 0.1) is 0 Å². The fraction of sp³-hybridized carbons (Fsp3) is 0.250. The van der Waals surface area contributed by atoms with E-state index in [0.717, 1.165) is 33.2 Å². The van der Waals surface area contributed by atoms with Gasteiger partial charge in [0.05, 0.1) is 27.9 Å². The first-order valence-electron chi connectivity index (χ1n) is 6.98. The topological polar surface area (TPSA) is 42.7 Å². The van der Waals surface area contributed by atoms with Gasteiger partial charge in [-0.2, -0.15) is 5.10 Å². The Hall–Kier alpha value is -1.72. The largest absolute Gasteiger partial charge is 0.308 e. The summed E-state index contributed by atoms with van der Waals surface area (Å²) in [6.45, 7) is 2.92. The molecule has 0 aliphatic carbocycles. The van der Waals surface area contributed by atoms with Crippen LogP contribution in [-0.4, -0.2) is 21.8 Å². The number of aromatic nitrogens is 3. The highest BCUT2D eigenvalue weighted by Crippen LogP contribution is 2.31. The highest BCUT2D eigenvalue weighted by Gasteiger charge is 2.22. The van der Waals surface area contributed by atoms with E-state index in [9.17, 15) is 0 Å². The van der Waals surface area contributed by atoms with Crippen LogP contribution in [0.15, 0.2) is 47.2 Å². The molecule has 0 amide bonds. The van der Waals surface area contributed by atoms with Gasteiger partial charge in [-0.3, -0.25) is 9.67 Å². The molecule has 2 aromatic heterocycles. The number of nitrogens with zero attached hydrogens (tertiary/aromatic N) is 3. The number of fused-ring (bicyclic) bond motifs is 1. The zero-order valence-electron chi connectivity index (χ0n) is 12.0. The van der Waals surface area contributed by atoms with E-state index in [1.807, 2.05) is 30.2 Å². The zero-order chi connectivity index (χ0) is 14.8. The van der Waals surface area contributed by atoms with E-state index in [-0.39, 0.29) is 6.04 Å². The molecular weight excluding hydrogens is 328 g/mol. The van der Waals surface area contributed by atoms with Crippen molar-refractivity contribution in [3.05, 3.63) is 58.5 Å². The van der Waals surface area contributed by atoms with Gasteiger partial charge in [-0.1, -0.05) is 24.3 Å². The molecule has 1 aromatic carbocycles. The molecule has 2 heterocycles. The summed E-state index contributed by atoms with van der Waals surface area (Å²) >= 11 is 3.62. The van der Waals surface area contributed by atoms with Crippen molar-refractivity contribution < 1.29 is 0 Å². The summed E-state index contributed by atoms with van der Waals surface area (Å²) < 4.78 is 3.02. The van der Waals surface area contributed by atoms with Crippen LogP contribution in [0.3, 0.4) is 0 Å². The summed E-state index contributed by atoms with van der Waals surface area (Å²) in [5, 5.41) is 8.96. The van der Waals surface area contributed by atoms with Crippen LogP contribution in [0.4, 0.5) is 0 Å². The minimum atomic E-state index is 0.0421. The van der Waals surface area contributed by atoms with Gasteiger partial charge in [0.15, 0.2) is 0 Å². The first-order valence-corrected chi connectivity index (χ1v) is 7.77. The van der Waals surface area contributed by atoms with Crippen molar-refractivity contribution in [1.82, 2.24) is 20.1 Å². The third-order valence-electron chi connectivity index (χ3n) is 3.67. The third kappa shape index (κ3) is 2.47.